The van der Waals surface area contributed by atoms with Crippen molar-refractivity contribution in [3.05, 3.63) is 26.8 Å². The second kappa shape index (κ2) is 4.06. The summed E-state index contributed by atoms with van der Waals surface area (Å²) in [6, 6.07) is 4.40. The largest absolute Gasteiger partial charge is 0.497 e. The van der Waals surface area contributed by atoms with E-state index in [4.69, 9.17) is 10.5 Å². The number of halogens is 1. The third kappa shape index (κ3) is 1.75. The number of methoxy groups -OCH3 is 1. The lowest BCUT2D eigenvalue weighted by Crippen LogP contribution is -2.18. The van der Waals surface area contributed by atoms with Crippen LogP contribution in [0.2, 0.25) is 0 Å². The van der Waals surface area contributed by atoms with Gasteiger partial charge in [-0.05, 0) is 65.1 Å². The number of benzene rings is 1. The first-order valence-corrected chi connectivity index (χ1v) is 5.92. The fraction of sp³-hybridized carbons (Fsp3) is 0.455. The van der Waals surface area contributed by atoms with E-state index in [0.29, 0.717) is 0 Å². The lowest BCUT2D eigenvalue weighted by molar-refractivity contribution is 0.412. The topological polar surface area (TPSA) is 35.2 Å². The number of hydrogen-bond donors (Lipinski definition) is 1. The molecule has 2 rings (SSSR count). The fourth-order valence-corrected chi connectivity index (χ4v) is 3.10. The number of fused-ring (bicyclic) bond motifs is 1. The van der Waals surface area contributed by atoms with Crippen molar-refractivity contribution in [3.63, 3.8) is 0 Å². The van der Waals surface area contributed by atoms with E-state index >= 15 is 0 Å². The summed E-state index contributed by atoms with van der Waals surface area (Å²) >= 11 is 2.35. The molecule has 76 valence electrons. The van der Waals surface area contributed by atoms with Gasteiger partial charge < -0.3 is 10.5 Å². The molecule has 0 aliphatic heterocycles. The Balaban J connectivity index is 2.51. The Labute approximate surface area is 98.0 Å². The maximum absolute atomic E-state index is 6.09. The highest BCUT2D eigenvalue weighted by atomic mass is 127. The summed E-state index contributed by atoms with van der Waals surface area (Å²) < 4.78 is 6.49. The number of nitrogens with two attached hydrogens (primary N) is 1. The molecule has 14 heavy (non-hydrogen) atoms. The minimum atomic E-state index is 0.219. The van der Waals surface area contributed by atoms with Gasteiger partial charge in [-0.3, -0.25) is 0 Å². The molecule has 3 heteroatoms. The van der Waals surface area contributed by atoms with Crippen molar-refractivity contribution in [1.82, 2.24) is 0 Å². The third-order valence-electron chi connectivity index (χ3n) is 2.76. The lowest BCUT2D eigenvalue weighted by Gasteiger charge is -2.24. The first-order chi connectivity index (χ1) is 6.72. The summed E-state index contributed by atoms with van der Waals surface area (Å²) in [6.07, 6.45) is 3.43. The zero-order valence-electron chi connectivity index (χ0n) is 8.22. The zero-order chi connectivity index (χ0) is 10.1. The van der Waals surface area contributed by atoms with Gasteiger partial charge in [0.05, 0.1) is 7.11 Å². The first-order valence-electron chi connectivity index (χ1n) is 4.84. The van der Waals surface area contributed by atoms with E-state index in [9.17, 15) is 0 Å². The van der Waals surface area contributed by atoms with Gasteiger partial charge in [-0.1, -0.05) is 0 Å². The Kier molecular flexibility index (Phi) is 2.97. The smallest absolute Gasteiger partial charge is 0.120 e. The average Bonchev–Trinajstić information content (AvgIpc) is 2.17. The van der Waals surface area contributed by atoms with Crippen LogP contribution in [-0.2, 0) is 6.42 Å². The second-order valence-electron chi connectivity index (χ2n) is 3.68. The van der Waals surface area contributed by atoms with Crippen molar-refractivity contribution in [2.75, 3.05) is 7.11 Å². The molecule has 0 amide bonds. The van der Waals surface area contributed by atoms with Crippen LogP contribution in [0.1, 0.15) is 30.0 Å². The molecule has 1 atom stereocenters. The van der Waals surface area contributed by atoms with Gasteiger partial charge in [0.25, 0.3) is 0 Å². The Morgan fingerprint density at radius 1 is 1.50 bits per heavy atom. The molecule has 0 spiro atoms. The van der Waals surface area contributed by atoms with E-state index in [1.165, 1.54) is 21.1 Å². The minimum Gasteiger partial charge on any atom is -0.497 e. The highest BCUT2D eigenvalue weighted by molar-refractivity contribution is 14.1. The Morgan fingerprint density at radius 2 is 2.29 bits per heavy atom. The van der Waals surface area contributed by atoms with E-state index < -0.39 is 0 Å². The molecule has 0 saturated carbocycles. The molecule has 0 aromatic heterocycles. The van der Waals surface area contributed by atoms with E-state index in [0.717, 1.165) is 18.6 Å². The van der Waals surface area contributed by atoms with E-state index in [1.807, 2.05) is 0 Å². The molecule has 1 aliphatic rings. The number of rotatable bonds is 1. The predicted octanol–water partition coefficient (Wildman–Crippen LogP) is 2.64. The van der Waals surface area contributed by atoms with Crippen LogP contribution >= 0.6 is 22.6 Å². The molecule has 2 nitrogen and oxygen atoms in total. The monoisotopic (exact) mass is 303 g/mol. The predicted molar refractivity (Wildman–Crippen MR) is 65.6 cm³/mol. The van der Waals surface area contributed by atoms with Gasteiger partial charge in [0.15, 0.2) is 0 Å². The van der Waals surface area contributed by atoms with Gasteiger partial charge in [0, 0.05) is 9.61 Å². The first kappa shape index (κ1) is 10.2. The van der Waals surface area contributed by atoms with E-state index in [1.54, 1.807) is 7.11 Å². The number of aryl methyl sites for hydroxylation is 1. The molecule has 0 bridgehead atoms. The van der Waals surface area contributed by atoms with E-state index in [2.05, 4.69) is 34.7 Å². The molecular weight excluding hydrogens is 289 g/mol. The van der Waals surface area contributed by atoms with Crippen LogP contribution in [0.25, 0.3) is 0 Å². The van der Waals surface area contributed by atoms with Gasteiger partial charge in [-0.15, -0.1) is 0 Å². The normalized spacial score (nSPS) is 20.4. The second-order valence-corrected chi connectivity index (χ2v) is 4.84. The van der Waals surface area contributed by atoms with Gasteiger partial charge in [-0.2, -0.15) is 0 Å². The van der Waals surface area contributed by atoms with Gasteiger partial charge in [0.1, 0.15) is 5.75 Å². The highest BCUT2D eigenvalue weighted by Crippen LogP contribution is 2.34. The van der Waals surface area contributed by atoms with Crippen LogP contribution in [0.3, 0.4) is 0 Å². The molecular formula is C11H14INO. The van der Waals surface area contributed by atoms with Crippen molar-refractivity contribution >= 4 is 22.6 Å². The highest BCUT2D eigenvalue weighted by Gasteiger charge is 2.20. The minimum absolute atomic E-state index is 0.219. The molecule has 0 radical (unpaired) electrons. The summed E-state index contributed by atoms with van der Waals surface area (Å²) in [5.74, 6) is 0.947. The van der Waals surface area contributed by atoms with Crippen molar-refractivity contribution < 1.29 is 4.74 Å². The summed E-state index contributed by atoms with van der Waals surface area (Å²) in [7, 11) is 1.71. The number of ether oxygens (including phenoxy) is 1. The van der Waals surface area contributed by atoms with Crippen LogP contribution in [-0.4, -0.2) is 7.11 Å². The van der Waals surface area contributed by atoms with Gasteiger partial charge >= 0.3 is 0 Å². The Bertz CT molecular complexity index is 351. The van der Waals surface area contributed by atoms with Crippen LogP contribution in [0.5, 0.6) is 5.75 Å². The molecule has 1 aliphatic carbocycles. The van der Waals surface area contributed by atoms with Crippen molar-refractivity contribution in [2.24, 2.45) is 5.73 Å². The van der Waals surface area contributed by atoms with Gasteiger partial charge in [0.2, 0.25) is 0 Å². The maximum Gasteiger partial charge on any atom is 0.120 e. The molecule has 1 aromatic carbocycles. The van der Waals surface area contributed by atoms with Crippen molar-refractivity contribution in [2.45, 2.75) is 25.3 Å². The SMILES string of the molecule is COc1cc(I)c2c(c1)CCC[C@H]2N. The maximum atomic E-state index is 6.09. The van der Waals surface area contributed by atoms with Crippen LogP contribution in [0, 0.1) is 3.57 Å². The summed E-state index contributed by atoms with van der Waals surface area (Å²) in [5, 5.41) is 0. The van der Waals surface area contributed by atoms with Crippen molar-refractivity contribution in [3.8, 4) is 5.75 Å². The van der Waals surface area contributed by atoms with Crippen LogP contribution in [0.4, 0.5) is 0 Å². The summed E-state index contributed by atoms with van der Waals surface area (Å²) in [6.45, 7) is 0. The quantitative estimate of drug-likeness (QED) is 0.810. The van der Waals surface area contributed by atoms with Gasteiger partial charge in [-0.25, -0.2) is 0 Å². The van der Waals surface area contributed by atoms with Crippen molar-refractivity contribution in [1.29, 1.82) is 0 Å². The number of hydrogen-bond acceptors (Lipinski definition) is 2. The lowest BCUT2D eigenvalue weighted by atomic mass is 9.88. The van der Waals surface area contributed by atoms with Crippen LogP contribution < -0.4 is 10.5 Å². The standard InChI is InChI=1S/C11H14INO/c1-14-8-5-7-3-2-4-10(13)11(7)9(12)6-8/h5-6,10H,2-4,13H2,1H3/t10-/m1/s1. The third-order valence-corrected chi connectivity index (χ3v) is 3.65. The fourth-order valence-electron chi connectivity index (χ4n) is 2.04. The molecule has 0 heterocycles. The molecule has 0 fully saturated rings. The molecule has 2 N–H and O–H groups in total. The average molecular weight is 303 g/mol. The Hall–Kier alpha value is -0.290. The summed E-state index contributed by atoms with van der Waals surface area (Å²) in [4.78, 5) is 0. The molecule has 0 unspecified atom stereocenters. The van der Waals surface area contributed by atoms with E-state index in [-0.39, 0.29) is 6.04 Å². The Morgan fingerprint density at radius 3 is 3.00 bits per heavy atom. The molecule has 0 saturated heterocycles. The van der Waals surface area contributed by atoms with Crippen LogP contribution in [0.15, 0.2) is 12.1 Å². The molecule has 1 aromatic rings. The summed E-state index contributed by atoms with van der Waals surface area (Å²) in [5.41, 5.74) is 8.79. The zero-order valence-corrected chi connectivity index (χ0v) is 10.4.